The number of aromatic nitrogens is 1. The van der Waals surface area contributed by atoms with Gasteiger partial charge in [0, 0.05) is 35.9 Å². The smallest absolute Gasteiger partial charge is 0.131 e. The first-order valence-corrected chi connectivity index (χ1v) is 11.8. The summed E-state index contributed by atoms with van der Waals surface area (Å²) in [6.07, 6.45) is 5.56. The van der Waals surface area contributed by atoms with Crippen molar-refractivity contribution in [3.63, 3.8) is 0 Å². The fourth-order valence-corrected chi connectivity index (χ4v) is 6.21. The standard InChI is InChI=1S/C28H33N2O3.ClH/c1-4-20-18-30(17-19-5-7-22(32-2)8-6-19)14-12-21(20)15-27(30)28(31)24-11-13-29-26-10-9-23(33-3)16-25(24)26;/h4-11,13,16,20-21,27-28,31H,1,12,14-15,17-18H2,2-3H3;1H/q+1;/p-1/t20?,21?,27?,28-,30?;/m1./s1. The molecule has 1 N–H and O–H groups in total. The van der Waals surface area contributed by atoms with Crippen LogP contribution in [0.15, 0.2) is 67.4 Å². The largest absolute Gasteiger partial charge is 1.00 e. The monoisotopic (exact) mass is 480 g/mol. The van der Waals surface area contributed by atoms with E-state index in [0.717, 1.165) is 58.5 Å². The third-order valence-electron chi connectivity index (χ3n) is 8.00. The Bertz CT molecular complexity index is 1150. The van der Waals surface area contributed by atoms with E-state index >= 15 is 0 Å². The number of halogens is 1. The number of piperidine rings is 3. The molecule has 3 aliphatic rings. The quantitative estimate of drug-likeness (QED) is 0.414. The van der Waals surface area contributed by atoms with Crippen molar-refractivity contribution < 1.29 is 31.5 Å². The number of benzene rings is 2. The normalized spacial score (nSPS) is 26.5. The number of nitrogens with zero attached hydrogens (tertiary/aromatic N) is 2. The van der Waals surface area contributed by atoms with E-state index in [1.807, 2.05) is 42.6 Å². The number of aliphatic hydroxyl groups excluding tert-OH is 1. The maximum absolute atomic E-state index is 11.9. The van der Waals surface area contributed by atoms with Crippen LogP contribution in [0.2, 0.25) is 0 Å². The Morgan fingerprint density at radius 1 is 1.12 bits per heavy atom. The van der Waals surface area contributed by atoms with E-state index in [2.05, 4.69) is 29.8 Å². The highest BCUT2D eigenvalue weighted by atomic mass is 35.5. The molecular formula is C28H33ClN2O3. The maximum atomic E-state index is 11.9. The van der Waals surface area contributed by atoms with Crippen LogP contribution in [0, 0.1) is 11.8 Å². The molecule has 4 heterocycles. The zero-order valence-corrected chi connectivity index (χ0v) is 20.6. The van der Waals surface area contributed by atoms with Crippen LogP contribution in [-0.2, 0) is 6.54 Å². The van der Waals surface area contributed by atoms with Gasteiger partial charge in [0.2, 0.25) is 0 Å². The molecule has 34 heavy (non-hydrogen) atoms. The molecule has 3 aromatic rings. The number of ether oxygens (including phenoxy) is 2. The number of quaternary nitrogens is 1. The number of methoxy groups -OCH3 is 2. The van der Waals surface area contributed by atoms with Crippen molar-refractivity contribution in [2.75, 3.05) is 27.3 Å². The van der Waals surface area contributed by atoms with Crippen LogP contribution in [0.25, 0.3) is 10.9 Å². The topological polar surface area (TPSA) is 51.6 Å². The highest BCUT2D eigenvalue weighted by Crippen LogP contribution is 2.48. The van der Waals surface area contributed by atoms with Crippen LogP contribution < -0.4 is 21.9 Å². The van der Waals surface area contributed by atoms with Crippen molar-refractivity contribution in [2.45, 2.75) is 31.5 Å². The summed E-state index contributed by atoms with van der Waals surface area (Å²) < 4.78 is 11.7. The lowest BCUT2D eigenvalue weighted by atomic mass is 9.71. The van der Waals surface area contributed by atoms with E-state index in [1.54, 1.807) is 14.2 Å². The summed E-state index contributed by atoms with van der Waals surface area (Å²) in [7, 11) is 3.37. The van der Waals surface area contributed by atoms with Gasteiger partial charge in [0.05, 0.1) is 32.8 Å². The fraction of sp³-hybridized carbons (Fsp3) is 0.393. The molecule has 6 rings (SSSR count). The minimum Gasteiger partial charge on any atom is -1.00 e. The lowest BCUT2D eigenvalue weighted by Gasteiger charge is -2.58. The third kappa shape index (κ3) is 4.28. The molecule has 6 heteroatoms. The predicted octanol–water partition coefficient (Wildman–Crippen LogP) is 1.90. The Kier molecular flexibility index (Phi) is 7.17. The van der Waals surface area contributed by atoms with Crippen LogP contribution in [0.1, 0.15) is 30.1 Å². The van der Waals surface area contributed by atoms with E-state index in [4.69, 9.17) is 9.47 Å². The van der Waals surface area contributed by atoms with Crippen LogP contribution in [0.5, 0.6) is 11.5 Å². The Morgan fingerprint density at radius 3 is 2.56 bits per heavy atom. The highest BCUT2D eigenvalue weighted by Gasteiger charge is 2.54. The first kappa shape index (κ1) is 24.5. The van der Waals surface area contributed by atoms with Gasteiger partial charge in [-0.3, -0.25) is 4.98 Å². The van der Waals surface area contributed by atoms with Gasteiger partial charge in [0.15, 0.2) is 0 Å². The van der Waals surface area contributed by atoms with E-state index in [9.17, 15) is 5.11 Å². The van der Waals surface area contributed by atoms with E-state index in [-0.39, 0.29) is 18.4 Å². The molecule has 0 amide bonds. The molecule has 0 saturated carbocycles. The van der Waals surface area contributed by atoms with Crippen molar-refractivity contribution in [3.05, 3.63) is 78.5 Å². The second-order valence-corrected chi connectivity index (χ2v) is 9.61. The molecule has 5 atom stereocenters. The third-order valence-corrected chi connectivity index (χ3v) is 8.00. The van der Waals surface area contributed by atoms with Crippen LogP contribution >= 0.6 is 0 Å². The Morgan fingerprint density at radius 2 is 1.85 bits per heavy atom. The molecule has 5 nitrogen and oxygen atoms in total. The Labute approximate surface area is 208 Å². The maximum Gasteiger partial charge on any atom is 0.131 e. The SMILES string of the molecule is C=CC1C[N+]2(Cc3ccc(OC)cc3)CCC1CC2[C@H](O)c1ccnc2ccc(OC)cc12.[Cl-]. The van der Waals surface area contributed by atoms with Gasteiger partial charge < -0.3 is 31.5 Å². The molecule has 0 spiro atoms. The summed E-state index contributed by atoms with van der Waals surface area (Å²) in [6, 6.07) is 16.4. The second kappa shape index (κ2) is 9.95. The van der Waals surface area contributed by atoms with Gasteiger partial charge in [-0.25, -0.2) is 0 Å². The number of fused-ring (bicyclic) bond motifs is 4. The predicted molar refractivity (Wildman–Crippen MR) is 130 cm³/mol. The number of hydrogen-bond acceptors (Lipinski definition) is 4. The van der Waals surface area contributed by atoms with Gasteiger partial charge >= 0.3 is 0 Å². The molecule has 3 fully saturated rings. The van der Waals surface area contributed by atoms with Gasteiger partial charge in [-0.2, -0.15) is 0 Å². The van der Waals surface area contributed by atoms with Crippen LogP contribution in [0.3, 0.4) is 0 Å². The zero-order chi connectivity index (χ0) is 23.0. The van der Waals surface area contributed by atoms with Gasteiger partial charge in [-0.1, -0.05) is 6.08 Å². The molecular weight excluding hydrogens is 448 g/mol. The van der Waals surface area contributed by atoms with Crippen molar-refractivity contribution in [3.8, 4) is 11.5 Å². The summed E-state index contributed by atoms with van der Waals surface area (Å²) in [5, 5.41) is 12.9. The molecule has 0 aliphatic carbocycles. The molecule has 3 aliphatic heterocycles. The minimum absolute atomic E-state index is 0. The average molecular weight is 481 g/mol. The van der Waals surface area contributed by atoms with Crippen molar-refractivity contribution in [1.82, 2.24) is 4.98 Å². The number of aliphatic hydroxyl groups is 1. The average Bonchev–Trinajstić information content (AvgIpc) is 2.88. The first-order chi connectivity index (χ1) is 16.1. The number of hydrogen-bond donors (Lipinski definition) is 1. The van der Waals surface area contributed by atoms with E-state index in [0.29, 0.717) is 11.8 Å². The van der Waals surface area contributed by atoms with Crippen LogP contribution in [-0.4, -0.2) is 47.9 Å². The lowest BCUT2D eigenvalue weighted by Crippen LogP contribution is -3.00. The minimum atomic E-state index is -0.575. The molecule has 3 saturated heterocycles. The molecule has 4 unspecified atom stereocenters. The Balaban J connectivity index is 0.00000274. The van der Waals surface area contributed by atoms with Gasteiger partial charge in [0.25, 0.3) is 0 Å². The summed E-state index contributed by atoms with van der Waals surface area (Å²) in [4.78, 5) is 4.52. The Hall–Kier alpha value is -2.60. The van der Waals surface area contributed by atoms with Gasteiger partial charge in [-0.05, 0) is 60.0 Å². The second-order valence-electron chi connectivity index (χ2n) is 9.61. The summed E-state index contributed by atoms with van der Waals surface area (Å²) in [5.41, 5.74) is 3.10. The molecule has 1 aromatic heterocycles. The van der Waals surface area contributed by atoms with Crippen molar-refractivity contribution in [1.29, 1.82) is 0 Å². The highest BCUT2D eigenvalue weighted by molar-refractivity contribution is 5.83. The van der Waals surface area contributed by atoms with Gasteiger partial charge in [0.1, 0.15) is 30.2 Å². The van der Waals surface area contributed by atoms with Crippen LogP contribution in [0.4, 0.5) is 0 Å². The molecule has 2 bridgehead atoms. The fourth-order valence-electron chi connectivity index (χ4n) is 6.21. The van der Waals surface area contributed by atoms with E-state index < -0.39 is 6.10 Å². The summed E-state index contributed by atoms with van der Waals surface area (Å²) in [6.45, 7) is 7.14. The first-order valence-electron chi connectivity index (χ1n) is 11.8. The van der Waals surface area contributed by atoms with Gasteiger partial charge in [-0.15, -0.1) is 6.58 Å². The zero-order valence-electron chi connectivity index (χ0n) is 19.9. The van der Waals surface area contributed by atoms with E-state index in [1.165, 1.54) is 12.0 Å². The summed E-state index contributed by atoms with van der Waals surface area (Å²) >= 11 is 0. The summed E-state index contributed by atoms with van der Waals surface area (Å²) in [5.74, 6) is 2.73. The molecule has 2 aromatic carbocycles. The lowest BCUT2D eigenvalue weighted by molar-refractivity contribution is -0.984. The number of pyridine rings is 1. The van der Waals surface area contributed by atoms with Crippen molar-refractivity contribution in [2.24, 2.45) is 11.8 Å². The molecule has 180 valence electrons. The molecule has 0 radical (unpaired) electrons. The van der Waals surface area contributed by atoms with Crippen molar-refractivity contribution >= 4 is 10.9 Å². The number of rotatable bonds is 7.